The highest BCUT2D eigenvalue weighted by Gasteiger charge is 2.15. The molecule has 0 unspecified atom stereocenters. The van der Waals surface area contributed by atoms with Crippen molar-refractivity contribution in [2.24, 2.45) is 0 Å². The van der Waals surface area contributed by atoms with Crippen molar-refractivity contribution in [3.05, 3.63) is 54.1 Å². The largest absolute Gasteiger partial charge is 0.486 e. The molecule has 0 saturated carbocycles. The average molecular weight is 298 g/mol. The van der Waals surface area contributed by atoms with Crippen molar-refractivity contribution in [3.63, 3.8) is 0 Å². The van der Waals surface area contributed by atoms with Crippen LogP contribution in [-0.2, 0) is 0 Å². The van der Waals surface area contributed by atoms with Crippen LogP contribution in [0.15, 0.2) is 48.5 Å². The first kappa shape index (κ1) is 14.3. The van der Waals surface area contributed by atoms with Gasteiger partial charge in [0.25, 0.3) is 0 Å². The van der Waals surface area contributed by atoms with Crippen LogP contribution < -0.4 is 20.1 Å². The minimum atomic E-state index is -0.242. The van der Waals surface area contributed by atoms with E-state index in [9.17, 15) is 4.79 Å². The Kier molecular flexibility index (Phi) is 4.14. The van der Waals surface area contributed by atoms with E-state index >= 15 is 0 Å². The molecule has 114 valence electrons. The summed E-state index contributed by atoms with van der Waals surface area (Å²) in [6.45, 7) is 3.04. The topological polar surface area (TPSA) is 59.6 Å². The molecule has 5 heteroatoms. The summed E-state index contributed by atoms with van der Waals surface area (Å²) in [4.78, 5) is 12.0. The molecule has 1 heterocycles. The van der Waals surface area contributed by atoms with Crippen LogP contribution in [0.4, 0.5) is 10.5 Å². The predicted octanol–water partition coefficient (Wildman–Crippen LogP) is 3.34. The highest BCUT2D eigenvalue weighted by molar-refractivity contribution is 5.89. The van der Waals surface area contributed by atoms with Crippen molar-refractivity contribution < 1.29 is 14.3 Å². The zero-order valence-corrected chi connectivity index (χ0v) is 12.3. The molecule has 0 saturated heterocycles. The van der Waals surface area contributed by atoms with Crippen LogP contribution >= 0.6 is 0 Å². The second-order valence-electron chi connectivity index (χ2n) is 5.09. The summed E-state index contributed by atoms with van der Waals surface area (Å²) in [5, 5.41) is 5.70. The van der Waals surface area contributed by atoms with Gasteiger partial charge in [-0.3, -0.25) is 0 Å². The maximum atomic E-state index is 12.0. The zero-order chi connectivity index (χ0) is 15.4. The highest BCUT2D eigenvalue weighted by Crippen LogP contribution is 2.32. The minimum Gasteiger partial charge on any atom is -0.486 e. The number of hydrogen-bond acceptors (Lipinski definition) is 3. The van der Waals surface area contributed by atoms with Gasteiger partial charge in [0.15, 0.2) is 11.5 Å². The first-order valence-corrected chi connectivity index (χ1v) is 7.24. The van der Waals surface area contributed by atoms with Crippen molar-refractivity contribution in [1.29, 1.82) is 0 Å². The third kappa shape index (κ3) is 3.31. The lowest BCUT2D eigenvalue weighted by Gasteiger charge is -2.21. The molecule has 3 rings (SSSR count). The molecule has 0 radical (unpaired) electrons. The van der Waals surface area contributed by atoms with Crippen LogP contribution in [0.5, 0.6) is 11.5 Å². The third-order valence-electron chi connectivity index (χ3n) is 3.45. The van der Waals surface area contributed by atoms with E-state index in [1.54, 1.807) is 0 Å². The lowest BCUT2D eigenvalue weighted by atomic mass is 10.1. The van der Waals surface area contributed by atoms with Gasteiger partial charge in [-0.15, -0.1) is 0 Å². The maximum Gasteiger partial charge on any atom is 0.319 e. The van der Waals surface area contributed by atoms with Gasteiger partial charge in [-0.25, -0.2) is 4.79 Å². The molecule has 5 nitrogen and oxygen atoms in total. The third-order valence-corrected chi connectivity index (χ3v) is 3.45. The van der Waals surface area contributed by atoms with Crippen LogP contribution in [0.25, 0.3) is 0 Å². The van der Waals surface area contributed by atoms with Crippen molar-refractivity contribution in [3.8, 4) is 11.5 Å². The van der Waals surface area contributed by atoms with Gasteiger partial charge >= 0.3 is 6.03 Å². The normalized spacial score (nSPS) is 14.0. The molecule has 2 aromatic carbocycles. The van der Waals surface area contributed by atoms with E-state index in [0.717, 1.165) is 22.7 Å². The lowest BCUT2D eigenvalue weighted by Crippen LogP contribution is -2.31. The van der Waals surface area contributed by atoms with E-state index in [1.165, 1.54) is 0 Å². The smallest absolute Gasteiger partial charge is 0.319 e. The number of benzene rings is 2. The summed E-state index contributed by atoms with van der Waals surface area (Å²) in [5.74, 6) is 1.47. The number of nitrogens with one attached hydrogen (secondary N) is 2. The Labute approximate surface area is 129 Å². The molecule has 2 N–H and O–H groups in total. The molecular formula is C17H18N2O3. The van der Waals surface area contributed by atoms with Crippen molar-refractivity contribution in [2.75, 3.05) is 18.5 Å². The zero-order valence-electron chi connectivity index (χ0n) is 12.3. The van der Waals surface area contributed by atoms with Crippen molar-refractivity contribution in [2.45, 2.75) is 13.0 Å². The molecule has 0 fully saturated rings. The first-order valence-electron chi connectivity index (χ1n) is 7.24. The number of carbonyl (C=O) groups is 1. The Hall–Kier alpha value is -2.69. The quantitative estimate of drug-likeness (QED) is 0.913. The number of hydrogen-bond donors (Lipinski definition) is 2. The number of urea groups is 1. The molecule has 2 aromatic rings. The van der Waals surface area contributed by atoms with E-state index in [1.807, 2.05) is 55.5 Å². The van der Waals surface area contributed by atoms with E-state index < -0.39 is 0 Å². The Morgan fingerprint density at radius 1 is 1.05 bits per heavy atom. The van der Waals surface area contributed by atoms with Gasteiger partial charge in [0.2, 0.25) is 0 Å². The predicted molar refractivity (Wildman–Crippen MR) is 84.4 cm³/mol. The lowest BCUT2D eigenvalue weighted by molar-refractivity contribution is 0.171. The number of rotatable bonds is 3. The van der Waals surface area contributed by atoms with Gasteiger partial charge in [0.1, 0.15) is 13.2 Å². The molecule has 22 heavy (non-hydrogen) atoms. The van der Waals surface area contributed by atoms with E-state index in [0.29, 0.717) is 13.2 Å². The fourth-order valence-electron chi connectivity index (χ4n) is 2.30. The maximum absolute atomic E-state index is 12.0. The van der Waals surface area contributed by atoms with Crippen LogP contribution in [-0.4, -0.2) is 19.2 Å². The summed E-state index contributed by atoms with van der Waals surface area (Å²) in [5.41, 5.74) is 1.72. The first-order chi connectivity index (χ1) is 10.7. The molecule has 0 aliphatic carbocycles. The number of fused-ring (bicyclic) bond motifs is 1. The highest BCUT2D eigenvalue weighted by atomic mass is 16.6. The van der Waals surface area contributed by atoms with Crippen LogP contribution in [0, 0.1) is 0 Å². The standard InChI is InChI=1S/C17H18N2O3/c1-12(18-17(20)19-14-5-3-2-4-6-14)13-7-8-15-16(11-13)22-10-9-21-15/h2-8,11-12H,9-10H2,1H3,(H2,18,19,20)/t12-/m0/s1. The molecule has 0 spiro atoms. The number of carbonyl (C=O) groups excluding carboxylic acids is 1. The van der Waals surface area contributed by atoms with Gasteiger partial charge in [-0.1, -0.05) is 24.3 Å². The molecule has 1 atom stereocenters. The molecule has 1 aliphatic heterocycles. The van der Waals surface area contributed by atoms with Gasteiger partial charge < -0.3 is 20.1 Å². The SMILES string of the molecule is C[C@H](NC(=O)Nc1ccccc1)c1ccc2c(c1)OCCO2. The Balaban J connectivity index is 1.64. The second-order valence-corrected chi connectivity index (χ2v) is 5.09. The van der Waals surface area contributed by atoms with Gasteiger partial charge in [-0.05, 0) is 36.8 Å². The number of ether oxygens (including phenoxy) is 2. The number of amides is 2. The fraction of sp³-hybridized carbons (Fsp3) is 0.235. The minimum absolute atomic E-state index is 0.139. The monoisotopic (exact) mass is 298 g/mol. The Bertz CT molecular complexity index is 658. The van der Waals surface area contributed by atoms with E-state index in [-0.39, 0.29) is 12.1 Å². The number of para-hydroxylation sites is 1. The summed E-state index contributed by atoms with van der Waals surface area (Å²) >= 11 is 0. The number of anilines is 1. The van der Waals surface area contributed by atoms with Gasteiger partial charge in [-0.2, -0.15) is 0 Å². The van der Waals surface area contributed by atoms with Crippen LogP contribution in [0.2, 0.25) is 0 Å². The van der Waals surface area contributed by atoms with E-state index in [4.69, 9.17) is 9.47 Å². The summed E-state index contributed by atoms with van der Waals surface area (Å²) in [7, 11) is 0. The van der Waals surface area contributed by atoms with Crippen LogP contribution in [0.3, 0.4) is 0 Å². The molecule has 0 bridgehead atoms. The second kappa shape index (κ2) is 6.39. The average Bonchev–Trinajstić information content (AvgIpc) is 2.55. The van der Waals surface area contributed by atoms with Crippen LogP contribution in [0.1, 0.15) is 18.5 Å². The van der Waals surface area contributed by atoms with Crippen molar-refractivity contribution in [1.82, 2.24) is 5.32 Å². The molecule has 1 aliphatic rings. The summed E-state index contributed by atoms with van der Waals surface area (Å²) in [6.07, 6.45) is 0. The van der Waals surface area contributed by atoms with Gasteiger partial charge in [0, 0.05) is 5.69 Å². The summed E-state index contributed by atoms with van der Waals surface area (Å²) in [6, 6.07) is 14.7. The Morgan fingerprint density at radius 2 is 1.77 bits per heavy atom. The molecule has 0 aromatic heterocycles. The van der Waals surface area contributed by atoms with E-state index in [2.05, 4.69) is 10.6 Å². The molecule has 2 amide bonds. The molecular weight excluding hydrogens is 280 g/mol. The van der Waals surface area contributed by atoms with Crippen molar-refractivity contribution >= 4 is 11.7 Å². The fourth-order valence-corrected chi connectivity index (χ4v) is 2.30. The van der Waals surface area contributed by atoms with Gasteiger partial charge in [0.05, 0.1) is 6.04 Å². The Morgan fingerprint density at radius 3 is 2.55 bits per heavy atom. The summed E-state index contributed by atoms with van der Waals surface area (Å²) < 4.78 is 11.1.